The SMILES string of the molecule is CCNc1cncc(NCC(C)(C)CC)n1. The zero-order valence-electron chi connectivity index (χ0n) is 10.7. The van der Waals surface area contributed by atoms with Crippen LogP contribution in [0.4, 0.5) is 11.6 Å². The van der Waals surface area contributed by atoms with Crippen LogP contribution in [0.15, 0.2) is 12.4 Å². The molecule has 0 fully saturated rings. The summed E-state index contributed by atoms with van der Waals surface area (Å²) in [5, 5.41) is 6.47. The topological polar surface area (TPSA) is 49.8 Å². The second-order valence-corrected chi connectivity index (χ2v) is 4.69. The molecule has 4 nitrogen and oxygen atoms in total. The van der Waals surface area contributed by atoms with E-state index in [4.69, 9.17) is 0 Å². The number of hydrogen-bond acceptors (Lipinski definition) is 4. The second kappa shape index (κ2) is 5.68. The highest BCUT2D eigenvalue weighted by atomic mass is 15.1. The van der Waals surface area contributed by atoms with E-state index in [1.807, 2.05) is 6.92 Å². The molecule has 0 unspecified atom stereocenters. The van der Waals surface area contributed by atoms with Crippen LogP contribution in [-0.4, -0.2) is 23.1 Å². The Morgan fingerprint density at radius 3 is 2.31 bits per heavy atom. The van der Waals surface area contributed by atoms with Crippen LogP contribution in [0, 0.1) is 5.41 Å². The summed E-state index contributed by atoms with van der Waals surface area (Å²) in [7, 11) is 0. The molecule has 2 N–H and O–H groups in total. The molecule has 1 rings (SSSR count). The number of anilines is 2. The van der Waals surface area contributed by atoms with Crippen LogP contribution in [-0.2, 0) is 0 Å². The summed E-state index contributed by atoms with van der Waals surface area (Å²) in [6.07, 6.45) is 4.63. The Morgan fingerprint density at radius 2 is 1.75 bits per heavy atom. The molecule has 90 valence electrons. The Balaban J connectivity index is 2.57. The molecule has 0 bridgehead atoms. The smallest absolute Gasteiger partial charge is 0.146 e. The highest BCUT2D eigenvalue weighted by Crippen LogP contribution is 2.19. The first-order valence-electron chi connectivity index (χ1n) is 5.87. The lowest BCUT2D eigenvalue weighted by molar-refractivity contribution is 0.376. The lowest BCUT2D eigenvalue weighted by atomic mass is 9.90. The van der Waals surface area contributed by atoms with Crippen molar-refractivity contribution in [3.8, 4) is 0 Å². The Labute approximate surface area is 97.9 Å². The first-order valence-corrected chi connectivity index (χ1v) is 5.87. The predicted molar refractivity (Wildman–Crippen MR) is 68.8 cm³/mol. The van der Waals surface area contributed by atoms with Crippen LogP contribution in [0.3, 0.4) is 0 Å². The van der Waals surface area contributed by atoms with Crippen molar-refractivity contribution in [3.63, 3.8) is 0 Å². The fraction of sp³-hybridized carbons (Fsp3) is 0.667. The van der Waals surface area contributed by atoms with E-state index in [9.17, 15) is 0 Å². The average molecular weight is 222 g/mol. The minimum Gasteiger partial charge on any atom is -0.369 e. The van der Waals surface area contributed by atoms with Gasteiger partial charge in [-0.2, -0.15) is 0 Å². The second-order valence-electron chi connectivity index (χ2n) is 4.69. The number of nitrogens with one attached hydrogen (secondary N) is 2. The largest absolute Gasteiger partial charge is 0.369 e. The van der Waals surface area contributed by atoms with E-state index in [0.29, 0.717) is 0 Å². The van der Waals surface area contributed by atoms with E-state index < -0.39 is 0 Å². The molecule has 1 aromatic heterocycles. The Kier molecular flexibility index (Phi) is 4.52. The van der Waals surface area contributed by atoms with Gasteiger partial charge in [0.1, 0.15) is 11.6 Å². The molecule has 0 aliphatic carbocycles. The third kappa shape index (κ3) is 4.04. The molecule has 0 spiro atoms. The molecule has 0 aromatic carbocycles. The van der Waals surface area contributed by atoms with Crippen molar-refractivity contribution < 1.29 is 0 Å². The highest BCUT2D eigenvalue weighted by Gasteiger charge is 2.14. The van der Waals surface area contributed by atoms with E-state index in [0.717, 1.165) is 31.1 Å². The van der Waals surface area contributed by atoms with E-state index in [1.165, 1.54) is 0 Å². The molecule has 1 aromatic rings. The summed E-state index contributed by atoms with van der Waals surface area (Å²) >= 11 is 0. The van der Waals surface area contributed by atoms with Crippen molar-refractivity contribution in [2.24, 2.45) is 5.41 Å². The van der Waals surface area contributed by atoms with Gasteiger partial charge in [-0.05, 0) is 18.8 Å². The molecule has 1 heterocycles. The van der Waals surface area contributed by atoms with Crippen molar-refractivity contribution in [2.75, 3.05) is 23.7 Å². The Bertz CT molecular complexity index is 323. The van der Waals surface area contributed by atoms with Crippen LogP contribution in [0.25, 0.3) is 0 Å². The molecule has 0 aliphatic rings. The summed E-state index contributed by atoms with van der Waals surface area (Å²) in [6, 6.07) is 0. The summed E-state index contributed by atoms with van der Waals surface area (Å²) in [5.74, 6) is 1.65. The van der Waals surface area contributed by atoms with Gasteiger partial charge in [0.15, 0.2) is 0 Å². The van der Waals surface area contributed by atoms with Crippen LogP contribution in [0.5, 0.6) is 0 Å². The van der Waals surface area contributed by atoms with E-state index in [-0.39, 0.29) is 5.41 Å². The quantitative estimate of drug-likeness (QED) is 0.777. The number of nitrogens with zero attached hydrogens (tertiary/aromatic N) is 2. The standard InChI is InChI=1S/C12H22N4/c1-5-12(3,4)9-15-11-8-13-7-10(16-11)14-6-2/h7-8H,5-6,9H2,1-4H3,(H2,14,15,16). The predicted octanol–water partition coefficient (Wildman–Crippen LogP) is 2.76. The van der Waals surface area contributed by atoms with Gasteiger partial charge < -0.3 is 10.6 Å². The van der Waals surface area contributed by atoms with Gasteiger partial charge in [0.2, 0.25) is 0 Å². The lowest BCUT2D eigenvalue weighted by Crippen LogP contribution is -2.22. The van der Waals surface area contributed by atoms with Crippen molar-refractivity contribution in [1.82, 2.24) is 9.97 Å². The molecule has 0 aliphatic heterocycles. The summed E-state index contributed by atoms with van der Waals surface area (Å²) in [6.45, 7) is 10.5. The molecule has 0 atom stereocenters. The zero-order valence-corrected chi connectivity index (χ0v) is 10.7. The van der Waals surface area contributed by atoms with Crippen molar-refractivity contribution in [1.29, 1.82) is 0 Å². The van der Waals surface area contributed by atoms with Crippen molar-refractivity contribution in [2.45, 2.75) is 34.1 Å². The first kappa shape index (κ1) is 12.7. The van der Waals surface area contributed by atoms with Gasteiger partial charge >= 0.3 is 0 Å². The summed E-state index contributed by atoms with van der Waals surface area (Å²) in [4.78, 5) is 8.56. The van der Waals surface area contributed by atoms with Gasteiger partial charge in [-0.15, -0.1) is 0 Å². The molecular weight excluding hydrogens is 200 g/mol. The fourth-order valence-corrected chi connectivity index (χ4v) is 1.17. The van der Waals surface area contributed by atoms with Gasteiger partial charge in [0, 0.05) is 13.1 Å². The van der Waals surface area contributed by atoms with E-state index >= 15 is 0 Å². The fourth-order valence-electron chi connectivity index (χ4n) is 1.17. The lowest BCUT2D eigenvalue weighted by Gasteiger charge is -2.23. The van der Waals surface area contributed by atoms with Gasteiger partial charge in [0.25, 0.3) is 0 Å². The highest BCUT2D eigenvalue weighted by molar-refractivity contribution is 5.41. The van der Waals surface area contributed by atoms with Crippen molar-refractivity contribution in [3.05, 3.63) is 12.4 Å². The molecule has 16 heavy (non-hydrogen) atoms. The van der Waals surface area contributed by atoms with E-state index in [1.54, 1.807) is 12.4 Å². The minimum absolute atomic E-state index is 0.288. The maximum absolute atomic E-state index is 4.42. The third-order valence-corrected chi connectivity index (χ3v) is 2.70. The van der Waals surface area contributed by atoms with Crippen LogP contribution in [0.2, 0.25) is 0 Å². The van der Waals surface area contributed by atoms with Crippen molar-refractivity contribution >= 4 is 11.6 Å². The minimum atomic E-state index is 0.288. The molecule has 0 amide bonds. The monoisotopic (exact) mass is 222 g/mol. The number of hydrogen-bond donors (Lipinski definition) is 2. The summed E-state index contributed by atoms with van der Waals surface area (Å²) in [5.41, 5.74) is 0.288. The molecule has 0 saturated carbocycles. The van der Waals surface area contributed by atoms with Gasteiger partial charge in [0.05, 0.1) is 12.4 Å². The summed E-state index contributed by atoms with van der Waals surface area (Å²) < 4.78 is 0. The normalized spacial score (nSPS) is 11.2. The maximum Gasteiger partial charge on any atom is 0.146 e. The molecule has 0 radical (unpaired) electrons. The van der Waals surface area contributed by atoms with Crippen LogP contribution in [0.1, 0.15) is 34.1 Å². The van der Waals surface area contributed by atoms with Crippen LogP contribution < -0.4 is 10.6 Å². The Morgan fingerprint density at radius 1 is 1.12 bits per heavy atom. The van der Waals surface area contributed by atoms with Crippen LogP contribution >= 0.6 is 0 Å². The average Bonchev–Trinajstić information content (AvgIpc) is 2.28. The van der Waals surface area contributed by atoms with Gasteiger partial charge in [-0.3, -0.25) is 4.98 Å². The molecule has 4 heteroatoms. The van der Waals surface area contributed by atoms with Gasteiger partial charge in [-0.25, -0.2) is 4.98 Å². The van der Waals surface area contributed by atoms with Gasteiger partial charge in [-0.1, -0.05) is 20.8 Å². The molecule has 0 saturated heterocycles. The number of aromatic nitrogens is 2. The number of rotatable bonds is 6. The first-order chi connectivity index (χ1) is 7.57. The van der Waals surface area contributed by atoms with E-state index in [2.05, 4.69) is 41.4 Å². The zero-order chi connectivity index (χ0) is 12.0. The Hall–Kier alpha value is -1.32. The third-order valence-electron chi connectivity index (χ3n) is 2.70. The maximum atomic E-state index is 4.42. The molecular formula is C12H22N4.